The molecule has 1 atom stereocenters. The van der Waals surface area contributed by atoms with Crippen LogP contribution < -0.4 is 5.73 Å². The Morgan fingerprint density at radius 1 is 1.47 bits per heavy atom. The number of hydrogen-bond donors (Lipinski definition) is 2. The van der Waals surface area contributed by atoms with Gasteiger partial charge in [-0.3, -0.25) is 0 Å². The molecule has 0 amide bonds. The Balaban J connectivity index is 2.05. The zero-order valence-corrected chi connectivity index (χ0v) is 12.2. The van der Waals surface area contributed by atoms with Crippen LogP contribution in [0.4, 0.5) is 0 Å². The molecule has 0 fully saturated rings. The first-order valence-electron chi connectivity index (χ1n) is 5.97. The zero-order valence-electron chi connectivity index (χ0n) is 10.6. The van der Waals surface area contributed by atoms with Gasteiger partial charge in [0.15, 0.2) is 5.82 Å². The molecule has 0 aliphatic rings. The van der Waals surface area contributed by atoms with Gasteiger partial charge in [-0.25, -0.2) is 0 Å². The molecule has 6 heteroatoms. The SMILES string of the molecule is CC(O)(CN)Cc1nc(Cc2cccc(Br)c2)no1. The Hall–Kier alpha value is -1.24. The molecule has 3 N–H and O–H groups in total. The van der Waals surface area contributed by atoms with Crippen molar-refractivity contribution in [2.75, 3.05) is 6.54 Å². The Morgan fingerprint density at radius 2 is 2.26 bits per heavy atom. The molecule has 1 aromatic carbocycles. The molecule has 19 heavy (non-hydrogen) atoms. The standard InChI is InChI=1S/C13H16BrN3O2/c1-13(18,8-15)7-12-16-11(17-19-12)6-9-3-2-4-10(14)5-9/h2-5,18H,6-8,15H2,1H3. The number of aliphatic hydroxyl groups is 1. The molecule has 5 nitrogen and oxygen atoms in total. The van der Waals surface area contributed by atoms with Crippen LogP contribution in [-0.4, -0.2) is 27.4 Å². The smallest absolute Gasteiger partial charge is 0.229 e. The van der Waals surface area contributed by atoms with Crippen molar-refractivity contribution >= 4 is 15.9 Å². The van der Waals surface area contributed by atoms with E-state index >= 15 is 0 Å². The van der Waals surface area contributed by atoms with Crippen LogP contribution in [0.2, 0.25) is 0 Å². The van der Waals surface area contributed by atoms with Gasteiger partial charge in [-0.2, -0.15) is 4.98 Å². The molecule has 1 heterocycles. The van der Waals surface area contributed by atoms with E-state index in [1.54, 1.807) is 6.92 Å². The molecule has 0 spiro atoms. The third-order valence-corrected chi connectivity index (χ3v) is 3.23. The topological polar surface area (TPSA) is 85.2 Å². The summed E-state index contributed by atoms with van der Waals surface area (Å²) >= 11 is 3.42. The third-order valence-electron chi connectivity index (χ3n) is 2.73. The lowest BCUT2D eigenvalue weighted by molar-refractivity contribution is 0.0610. The van der Waals surface area contributed by atoms with E-state index in [1.165, 1.54) is 0 Å². The van der Waals surface area contributed by atoms with Crippen LogP contribution in [0.3, 0.4) is 0 Å². The molecule has 0 radical (unpaired) electrons. The fourth-order valence-corrected chi connectivity index (χ4v) is 2.11. The Morgan fingerprint density at radius 3 is 2.95 bits per heavy atom. The van der Waals surface area contributed by atoms with E-state index in [0.717, 1.165) is 10.0 Å². The summed E-state index contributed by atoms with van der Waals surface area (Å²) in [4.78, 5) is 4.26. The van der Waals surface area contributed by atoms with Gasteiger partial charge >= 0.3 is 0 Å². The zero-order chi connectivity index (χ0) is 13.9. The second-order valence-electron chi connectivity index (χ2n) is 4.79. The van der Waals surface area contributed by atoms with Crippen molar-refractivity contribution in [2.45, 2.75) is 25.4 Å². The van der Waals surface area contributed by atoms with Crippen LogP contribution >= 0.6 is 15.9 Å². The van der Waals surface area contributed by atoms with Crippen molar-refractivity contribution in [3.63, 3.8) is 0 Å². The summed E-state index contributed by atoms with van der Waals surface area (Å²) in [6.07, 6.45) is 0.850. The number of hydrogen-bond acceptors (Lipinski definition) is 5. The van der Waals surface area contributed by atoms with Crippen LogP contribution in [0.1, 0.15) is 24.2 Å². The number of aromatic nitrogens is 2. The number of halogens is 1. The highest BCUT2D eigenvalue weighted by Crippen LogP contribution is 2.15. The maximum absolute atomic E-state index is 9.85. The van der Waals surface area contributed by atoms with E-state index < -0.39 is 5.60 Å². The van der Waals surface area contributed by atoms with Crippen molar-refractivity contribution < 1.29 is 9.63 Å². The van der Waals surface area contributed by atoms with E-state index in [9.17, 15) is 5.11 Å². The Bertz CT molecular complexity index is 554. The van der Waals surface area contributed by atoms with Gasteiger partial charge in [-0.1, -0.05) is 33.2 Å². The number of rotatable bonds is 5. The number of nitrogens with two attached hydrogens (primary N) is 1. The lowest BCUT2D eigenvalue weighted by Crippen LogP contribution is -2.36. The molecule has 1 aromatic heterocycles. The van der Waals surface area contributed by atoms with E-state index in [2.05, 4.69) is 26.1 Å². The molecule has 1 unspecified atom stereocenters. The lowest BCUT2D eigenvalue weighted by Gasteiger charge is -2.17. The summed E-state index contributed by atoms with van der Waals surface area (Å²) < 4.78 is 6.13. The monoisotopic (exact) mass is 325 g/mol. The largest absolute Gasteiger partial charge is 0.388 e. The maximum atomic E-state index is 9.85. The van der Waals surface area contributed by atoms with Gasteiger partial charge < -0.3 is 15.4 Å². The Labute approximate surface area is 119 Å². The second-order valence-corrected chi connectivity index (χ2v) is 5.70. The van der Waals surface area contributed by atoms with Gasteiger partial charge in [0.1, 0.15) is 0 Å². The van der Waals surface area contributed by atoms with Crippen molar-refractivity contribution in [1.29, 1.82) is 0 Å². The van der Waals surface area contributed by atoms with E-state index in [0.29, 0.717) is 18.1 Å². The first-order chi connectivity index (χ1) is 8.98. The van der Waals surface area contributed by atoms with Gasteiger partial charge in [-0.15, -0.1) is 0 Å². The van der Waals surface area contributed by atoms with Crippen molar-refractivity contribution in [3.05, 3.63) is 46.0 Å². The lowest BCUT2D eigenvalue weighted by atomic mass is 10.0. The molecule has 2 aromatic rings. The summed E-state index contributed by atoms with van der Waals surface area (Å²) in [6, 6.07) is 7.92. The van der Waals surface area contributed by atoms with Crippen LogP contribution in [-0.2, 0) is 12.8 Å². The molecule has 0 saturated heterocycles. The molecule has 0 bridgehead atoms. The summed E-state index contributed by atoms with van der Waals surface area (Å²) in [5, 5.41) is 13.8. The van der Waals surface area contributed by atoms with Crippen molar-refractivity contribution in [2.24, 2.45) is 5.73 Å². The van der Waals surface area contributed by atoms with Gasteiger partial charge in [0, 0.05) is 17.4 Å². The van der Waals surface area contributed by atoms with Gasteiger partial charge in [0.25, 0.3) is 0 Å². The average molecular weight is 326 g/mol. The van der Waals surface area contributed by atoms with Gasteiger partial charge in [0.2, 0.25) is 5.89 Å². The third kappa shape index (κ3) is 4.12. The quantitative estimate of drug-likeness (QED) is 0.873. The fourth-order valence-electron chi connectivity index (χ4n) is 1.66. The number of benzene rings is 1. The minimum absolute atomic E-state index is 0.149. The second kappa shape index (κ2) is 5.81. The molecular formula is C13H16BrN3O2. The van der Waals surface area contributed by atoms with Crippen LogP contribution in [0.25, 0.3) is 0 Å². The van der Waals surface area contributed by atoms with Crippen molar-refractivity contribution in [1.82, 2.24) is 10.1 Å². The predicted octanol–water partition coefficient (Wildman–Crippen LogP) is 1.68. The summed E-state index contributed by atoms with van der Waals surface area (Å²) in [6.45, 7) is 1.79. The average Bonchev–Trinajstić information content (AvgIpc) is 2.76. The van der Waals surface area contributed by atoms with Crippen molar-refractivity contribution in [3.8, 4) is 0 Å². The summed E-state index contributed by atoms with van der Waals surface area (Å²) in [5.41, 5.74) is 5.53. The van der Waals surface area contributed by atoms with E-state index in [4.69, 9.17) is 10.3 Å². The first-order valence-corrected chi connectivity index (χ1v) is 6.76. The maximum Gasteiger partial charge on any atom is 0.229 e. The molecule has 0 aliphatic heterocycles. The molecule has 0 saturated carbocycles. The highest BCUT2D eigenvalue weighted by molar-refractivity contribution is 9.10. The Kier molecular flexibility index (Phi) is 4.34. The molecule has 102 valence electrons. The normalized spacial score (nSPS) is 14.3. The van der Waals surface area contributed by atoms with Gasteiger partial charge in [-0.05, 0) is 24.6 Å². The predicted molar refractivity (Wildman–Crippen MR) is 74.6 cm³/mol. The van der Waals surface area contributed by atoms with Crippen LogP contribution in [0.15, 0.2) is 33.3 Å². The highest BCUT2D eigenvalue weighted by atomic mass is 79.9. The van der Waals surface area contributed by atoms with Crippen LogP contribution in [0.5, 0.6) is 0 Å². The minimum atomic E-state index is -1.01. The minimum Gasteiger partial charge on any atom is -0.388 e. The van der Waals surface area contributed by atoms with E-state index in [-0.39, 0.29) is 13.0 Å². The highest BCUT2D eigenvalue weighted by Gasteiger charge is 2.22. The summed E-state index contributed by atoms with van der Waals surface area (Å²) in [5.74, 6) is 1.00. The van der Waals surface area contributed by atoms with E-state index in [1.807, 2.05) is 24.3 Å². The van der Waals surface area contributed by atoms with Gasteiger partial charge in [0.05, 0.1) is 12.0 Å². The molecule has 0 aliphatic carbocycles. The molecular weight excluding hydrogens is 310 g/mol. The first kappa shape index (κ1) is 14.2. The number of nitrogens with zero attached hydrogens (tertiary/aromatic N) is 2. The molecule has 2 rings (SSSR count). The van der Waals surface area contributed by atoms with Crippen LogP contribution in [0, 0.1) is 0 Å². The fraction of sp³-hybridized carbons (Fsp3) is 0.385. The summed E-state index contributed by atoms with van der Waals surface area (Å²) in [7, 11) is 0.